The van der Waals surface area contributed by atoms with Crippen molar-refractivity contribution in [2.75, 3.05) is 13.7 Å². The quantitative estimate of drug-likeness (QED) is 0.815. The minimum atomic E-state index is -0.982. The summed E-state index contributed by atoms with van der Waals surface area (Å²) in [5.41, 5.74) is -0.432. The van der Waals surface area contributed by atoms with Crippen molar-refractivity contribution >= 4 is 5.97 Å². The molecule has 1 aromatic carbocycles. The van der Waals surface area contributed by atoms with Crippen molar-refractivity contribution in [3.8, 4) is 5.75 Å². The molecule has 1 unspecified atom stereocenters. The molecule has 0 saturated heterocycles. The van der Waals surface area contributed by atoms with E-state index < -0.39 is 11.5 Å². The van der Waals surface area contributed by atoms with Gasteiger partial charge in [-0.1, -0.05) is 6.07 Å². The van der Waals surface area contributed by atoms with Gasteiger partial charge in [0.25, 0.3) is 0 Å². The fraction of sp³-hybridized carbons (Fsp3) is 0.533. The van der Waals surface area contributed by atoms with E-state index in [1.54, 1.807) is 26.0 Å². The molecule has 4 nitrogen and oxygen atoms in total. The second-order valence-corrected chi connectivity index (χ2v) is 5.32. The van der Waals surface area contributed by atoms with E-state index in [1.165, 1.54) is 13.2 Å². The minimum absolute atomic E-state index is 0.0559. The highest BCUT2D eigenvalue weighted by Crippen LogP contribution is 2.18. The minimum Gasteiger partial charge on any atom is -0.491 e. The van der Waals surface area contributed by atoms with Gasteiger partial charge in [0.05, 0.1) is 7.11 Å². The van der Waals surface area contributed by atoms with Crippen LogP contribution in [0.3, 0.4) is 0 Å². The Bertz CT molecular complexity index is 476. The number of carbonyl (C=O) groups is 1. The Morgan fingerprint density at radius 3 is 2.60 bits per heavy atom. The van der Waals surface area contributed by atoms with Crippen molar-refractivity contribution in [3.05, 3.63) is 29.6 Å². The van der Waals surface area contributed by atoms with E-state index in [1.807, 2.05) is 13.8 Å². The Labute approximate surface area is 119 Å². The molecule has 1 rings (SSSR count). The van der Waals surface area contributed by atoms with Crippen molar-refractivity contribution in [2.45, 2.75) is 39.3 Å². The molecule has 0 radical (unpaired) electrons. The number of hydrogen-bond donors (Lipinski definition) is 1. The van der Waals surface area contributed by atoms with Gasteiger partial charge in [0.15, 0.2) is 0 Å². The smallest absolute Gasteiger partial charge is 0.329 e. The topological polar surface area (TPSA) is 47.6 Å². The van der Waals surface area contributed by atoms with Crippen LogP contribution in [0.15, 0.2) is 18.2 Å². The zero-order chi connectivity index (χ0) is 15.3. The third kappa shape index (κ3) is 4.20. The monoisotopic (exact) mass is 283 g/mol. The fourth-order valence-corrected chi connectivity index (χ4v) is 1.91. The molecule has 0 aliphatic heterocycles. The van der Waals surface area contributed by atoms with Gasteiger partial charge in [0, 0.05) is 12.1 Å². The number of esters is 1. The molecule has 112 valence electrons. The van der Waals surface area contributed by atoms with E-state index in [-0.39, 0.29) is 18.5 Å². The molecule has 5 heteroatoms. The van der Waals surface area contributed by atoms with E-state index in [2.05, 4.69) is 5.32 Å². The van der Waals surface area contributed by atoms with Gasteiger partial charge in [-0.25, -0.2) is 9.18 Å². The van der Waals surface area contributed by atoms with Crippen molar-refractivity contribution in [1.29, 1.82) is 0 Å². The Morgan fingerprint density at radius 1 is 1.45 bits per heavy atom. The fourth-order valence-electron chi connectivity index (χ4n) is 1.91. The summed E-state index contributed by atoms with van der Waals surface area (Å²) in [6.07, 6.45) is 0. The molecule has 1 atom stereocenters. The molecule has 0 bridgehead atoms. The van der Waals surface area contributed by atoms with Crippen LogP contribution in [0.25, 0.3) is 0 Å². The summed E-state index contributed by atoms with van der Waals surface area (Å²) < 4.78 is 23.8. The molecule has 0 heterocycles. The van der Waals surface area contributed by atoms with Crippen molar-refractivity contribution in [3.63, 3.8) is 0 Å². The molecule has 0 fully saturated rings. The molecule has 1 aromatic rings. The zero-order valence-corrected chi connectivity index (χ0v) is 12.6. The van der Waals surface area contributed by atoms with E-state index >= 15 is 0 Å². The number of aryl methyl sites for hydroxylation is 1. The summed E-state index contributed by atoms with van der Waals surface area (Å²) in [4.78, 5) is 11.9. The first-order valence-corrected chi connectivity index (χ1v) is 6.53. The van der Waals surface area contributed by atoms with Gasteiger partial charge in [0.1, 0.15) is 23.7 Å². The molecular weight excluding hydrogens is 261 g/mol. The van der Waals surface area contributed by atoms with Gasteiger partial charge < -0.3 is 9.47 Å². The summed E-state index contributed by atoms with van der Waals surface area (Å²) in [6, 6.07) is 4.70. The highest BCUT2D eigenvalue weighted by Gasteiger charge is 2.36. The average Bonchev–Trinajstić information content (AvgIpc) is 2.38. The molecule has 0 aliphatic carbocycles. The van der Waals surface area contributed by atoms with E-state index in [0.717, 1.165) is 0 Å². The Balaban J connectivity index is 2.80. The SMILES string of the molecule is COC(=O)C(C)(COc1ccc(C)c(F)c1)NC(C)C. The first-order chi connectivity index (χ1) is 9.28. The van der Waals surface area contributed by atoms with Crippen LogP contribution in [0.5, 0.6) is 5.75 Å². The zero-order valence-electron chi connectivity index (χ0n) is 12.6. The maximum absolute atomic E-state index is 13.4. The van der Waals surface area contributed by atoms with Crippen LogP contribution in [0.4, 0.5) is 4.39 Å². The van der Waals surface area contributed by atoms with Crippen LogP contribution in [-0.2, 0) is 9.53 Å². The summed E-state index contributed by atoms with van der Waals surface area (Å²) >= 11 is 0. The maximum Gasteiger partial charge on any atom is 0.329 e. The number of hydrogen-bond acceptors (Lipinski definition) is 4. The van der Waals surface area contributed by atoms with Crippen molar-refractivity contribution < 1.29 is 18.7 Å². The Morgan fingerprint density at radius 2 is 2.10 bits per heavy atom. The van der Waals surface area contributed by atoms with Gasteiger partial charge >= 0.3 is 5.97 Å². The number of carbonyl (C=O) groups excluding carboxylic acids is 1. The lowest BCUT2D eigenvalue weighted by molar-refractivity contribution is -0.149. The number of ether oxygens (including phenoxy) is 2. The average molecular weight is 283 g/mol. The van der Waals surface area contributed by atoms with E-state index in [9.17, 15) is 9.18 Å². The van der Waals surface area contributed by atoms with Crippen LogP contribution in [0, 0.1) is 12.7 Å². The lowest BCUT2D eigenvalue weighted by Crippen LogP contribution is -2.56. The number of methoxy groups -OCH3 is 1. The van der Waals surface area contributed by atoms with Crippen LogP contribution in [0.2, 0.25) is 0 Å². The number of nitrogens with one attached hydrogen (secondary N) is 1. The molecule has 0 aromatic heterocycles. The lowest BCUT2D eigenvalue weighted by atomic mass is 10.0. The second kappa shape index (κ2) is 6.70. The van der Waals surface area contributed by atoms with Crippen LogP contribution >= 0.6 is 0 Å². The molecular formula is C15H22FNO3. The van der Waals surface area contributed by atoms with E-state index in [4.69, 9.17) is 9.47 Å². The second-order valence-electron chi connectivity index (χ2n) is 5.32. The molecule has 0 saturated carbocycles. The first kappa shape index (κ1) is 16.4. The summed E-state index contributed by atoms with van der Waals surface area (Å²) in [5.74, 6) is -0.369. The predicted octanol–water partition coefficient (Wildman–Crippen LogP) is 2.44. The third-order valence-electron chi connectivity index (χ3n) is 2.91. The third-order valence-corrected chi connectivity index (χ3v) is 2.91. The van der Waals surface area contributed by atoms with Crippen molar-refractivity contribution in [1.82, 2.24) is 5.32 Å². The van der Waals surface area contributed by atoms with Crippen LogP contribution in [0.1, 0.15) is 26.3 Å². The molecule has 0 aliphatic rings. The van der Waals surface area contributed by atoms with Gasteiger partial charge in [0.2, 0.25) is 0 Å². The number of rotatable bonds is 6. The predicted molar refractivity (Wildman–Crippen MR) is 75.3 cm³/mol. The van der Waals surface area contributed by atoms with Crippen LogP contribution in [-0.4, -0.2) is 31.3 Å². The molecule has 20 heavy (non-hydrogen) atoms. The van der Waals surface area contributed by atoms with Gasteiger partial charge in [-0.3, -0.25) is 5.32 Å². The lowest BCUT2D eigenvalue weighted by Gasteiger charge is -2.30. The molecule has 0 spiro atoms. The standard InChI is InChI=1S/C15H22FNO3/c1-10(2)17-15(4,14(18)19-5)9-20-12-7-6-11(3)13(16)8-12/h6-8,10,17H,9H2,1-5H3. The van der Waals surface area contributed by atoms with Gasteiger partial charge in [-0.05, 0) is 39.3 Å². The van der Waals surface area contributed by atoms with Crippen molar-refractivity contribution in [2.24, 2.45) is 0 Å². The number of benzene rings is 1. The normalized spacial score (nSPS) is 13.9. The van der Waals surface area contributed by atoms with Gasteiger partial charge in [-0.2, -0.15) is 0 Å². The highest BCUT2D eigenvalue weighted by molar-refractivity contribution is 5.80. The Hall–Kier alpha value is -1.62. The molecule has 1 N–H and O–H groups in total. The molecule has 0 amide bonds. The summed E-state index contributed by atoms with van der Waals surface area (Å²) in [5, 5.41) is 3.11. The van der Waals surface area contributed by atoms with E-state index in [0.29, 0.717) is 11.3 Å². The Kier molecular flexibility index (Phi) is 5.51. The van der Waals surface area contributed by atoms with Crippen LogP contribution < -0.4 is 10.1 Å². The largest absolute Gasteiger partial charge is 0.491 e. The van der Waals surface area contributed by atoms with Gasteiger partial charge in [-0.15, -0.1) is 0 Å². The number of halogens is 1. The summed E-state index contributed by atoms with van der Waals surface area (Å²) in [7, 11) is 1.33. The first-order valence-electron chi connectivity index (χ1n) is 6.53. The highest BCUT2D eigenvalue weighted by atomic mass is 19.1. The maximum atomic E-state index is 13.4. The summed E-state index contributed by atoms with van der Waals surface area (Å²) in [6.45, 7) is 7.28.